The van der Waals surface area contributed by atoms with E-state index in [1.165, 1.54) is 0 Å². The molecule has 0 aromatic carbocycles. The Morgan fingerprint density at radius 1 is 1.38 bits per heavy atom. The Hall–Kier alpha value is -2.15. The van der Waals surface area contributed by atoms with Crippen LogP contribution in [-0.4, -0.2) is 38.3 Å². The molecular formula is C17H25N5O2. The van der Waals surface area contributed by atoms with Gasteiger partial charge in [0.25, 0.3) is 5.91 Å². The van der Waals surface area contributed by atoms with Gasteiger partial charge in [0.15, 0.2) is 11.5 Å². The number of aromatic nitrogens is 3. The largest absolute Gasteiger partial charge is 0.359 e. The van der Waals surface area contributed by atoms with Crippen LogP contribution >= 0.6 is 0 Å². The normalized spacial score (nSPS) is 14.8. The number of nitrogens with zero attached hydrogens (tertiary/aromatic N) is 4. The quantitative estimate of drug-likeness (QED) is 0.876. The summed E-state index contributed by atoms with van der Waals surface area (Å²) in [5.41, 5.74) is 2.47. The number of aryl methyl sites for hydroxylation is 1. The Morgan fingerprint density at radius 2 is 2.21 bits per heavy atom. The van der Waals surface area contributed by atoms with Gasteiger partial charge < -0.3 is 9.84 Å². The molecule has 24 heavy (non-hydrogen) atoms. The summed E-state index contributed by atoms with van der Waals surface area (Å²) < 4.78 is 7.16. The minimum absolute atomic E-state index is 0.179. The molecule has 0 spiro atoms. The van der Waals surface area contributed by atoms with E-state index >= 15 is 0 Å². The molecular weight excluding hydrogens is 306 g/mol. The maximum absolute atomic E-state index is 12.3. The van der Waals surface area contributed by atoms with Gasteiger partial charge in [-0.1, -0.05) is 18.5 Å². The average Bonchev–Trinajstić information content (AvgIpc) is 3.18. The van der Waals surface area contributed by atoms with Crippen LogP contribution in [-0.2, 0) is 26.1 Å². The van der Waals surface area contributed by atoms with Crippen LogP contribution in [0.1, 0.15) is 54.8 Å². The summed E-state index contributed by atoms with van der Waals surface area (Å²) in [5, 5.41) is 11.3. The van der Waals surface area contributed by atoms with Crippen LogP contribution in [0, 0.1) is 0 Å². The molecule has 1 N–H and O–H groups in total. The SMILES string of the molecule is CCCc1cc(CNC(=O)c2cc3n(n2)CCN(C(C)C)C3)on1. The lowest BCUT2D eigenvalue weighted by molar-refractivity contribution is 0.0940. The van der Waals surface area contributed by atoms with Gasteiger partial charge in [-0.25, -0.2) is 0 Å². The first-order chi connectivity index (χ1) is 11.6. The van der Waals surface area contributed by atoms with Crippen LogP contribution < -0.4 is 5.32 Å². The maximum Gasteiger partial charge on any atom is 0.272 e. The molecule has 130 valence electrons. The van der Waals surface area contributed by atoms with Crippen LogP contribution in [0.5, 0.6) is 0 Å². The van der Waals surface area contributed by atoms with E-state index in [9.17, 15) is 4.79 Å². The highest BCUT2D eigenvalue weighted by Crippen LogP contribution is 2.16. The molecule has 0 aliphatic carbocycles. The molecule has 0 bridgehead atoms. The Labute approximate surface area is 142 Å². The van der Waals surface area contributed by atoms with Crippen LogP contribution in [0.2, 0.25) is 0 Å². The molecule has 0 radical (unpaired) electrons. The zero-order valence-electron chi connectivity index (χ0n) is 14.6. The minimum Gasteiger partial charge on any atom is -0.359 e. The van der Waals surface area contributed by atoms with Gasteiger partial charge in [0.05, 0.1) is 24.5 Å². The van der Waals surface area contributed by atoms with Gasteiger partial charge in [0, 0.05) is 25.2 Å². The van der Waals surface area contributed by atoms with Gasteiger partial charge in [0.2, 0.25) is 0 Å². The Balaban J connectivity index is 1.59. The van der Waals surface area contributed by atoms with Crippen LogP contribution in [0.15, 0.2) is 16.7 Å². The van der Waals surface area contributed by atoms with Crippen LogP contribution in [0.25, 0.3) is 0 Å². The maximum atomic E-state index is 12.3. The average molecular weight is 331 g/mol. The topological polar surface area (TPSA) is 76.2 Å². The molecule has 3 rings (SSSR count). The summed E-state index contributed by atoms with van der Waals surface area (Å²) >= 11 is 0. The van der Waals surface area contributed by atoms with Gasteiger partial charge in [-0.2, -0.15) is 5.10 Å². The third kappa shape index (κ3) is 3.67. The third-order valence-corrected chi connectivity index (χ3v) is 4.33. The lowest BCUT2D eigenvalue weighted by atomic mass is 10.2. The van der Waals surface area contributed by atoms with Gasteiger partial charge in [-0.05, 0) is 26.3 Å². The van der Waals surface area contributed by atoms with E-state index in [4.69, 9.17) is 4.52 Å². The molecule has 1 amide bonds. The summed E-state index contributed by atoms with van der Waals surface area (Å²) in [4.78, 5) is 14.7. The predicted octanol–water partition coefficient (Wildman–Crippen LogP) is 1.98. The number of nitrogens with one attached hydrogen (secondary N) is 1. The summed E-state index contributed by atoms with van der Waals surface area (Å²) in [7, 11) is 0. The van der Waals surface area contributed by atoms with Gasteiger partial charge in [-0.15, -0.1) is 0 Å². The van der Waals surface area contributed by atoms with Crippen molar-refractivity contribution in [1.29, 1.82) is 0 Å². The van der Waals surface area contributed by atoms with E-state index in [1.54, 1.807) is 0 Å². The van der Waals surface area contributed by atoms with Crippen molar-refractivity contribution in [3.8, 4) is 0 Å². The fourth-order valence-corrected chi connectivity index (χ4v) is 2.91. The highest BCUT2D eigenvalue weighted by Gasteiger charge is 2.22. The number of hydrogen-bond donors (Lipinski definition) is 1. The molecule has 1 aliphatic heterocycles. The Morgan fingerprint density at radius 3 is 2.96 bits per heavy atom. The molecule has 0 saturated carbocycles. The molecule has 0 saturated heterocycles. The van der Waals surface area contributed by atoms with E-state index < -0.39 is 0 Å². The molecule has 2 aromatic heterocycles. The predicted molar refractivity (Wildman–Crippen MR) is 89.4 cm³/mol. The van der Waals surface area contributed by atoms with E-state index in [0.717, 1.165) is 43.9 Å². The number of fused-ring (bicyclic) bond motifs is 1. The van der Waals surface area contributed by atoms with Crippen LogP contribution in [0.4, 0.5) is 0 Å². The van der Waals surface area contributed by atoms with Crippen molar-refractivity contribution in [2.24, 2.45) is 0 Å². The molecule has 3 heterocycles. The van der Waals surface area contributed by atoms with Gasteiger partial charge in [0.1, 0.15) is 0 Å². The summed E-state index contributed by atoms with van der Waals surface area (Å²) in [6, 6.07) is 4.27. The Kier molecular flexibility index (Phi) is 4.99. The molecule has 7 heteroatoms. The van der Waals surface area contributed by atoms with Crippen molar-refractivity contribution < 1.29 is 9.32 Å². The van der Waals surface area contributed by atoms with Crippen molar-refractivity contribution in [3.05, 3.63) is 35.0 Å². The van der Waals surface area contributed by atoms with E-state index in [-0.39, 0.29) is 5.91 Å². The van der Waals surface area contributed by atoms with E-state index in [2.05, 4.69) is 41.2 Å². The van der Waals surface area contributed by atoms with Crippen molar-refractivity contribution in [1.82, 2.24) is 25.2 Å². The summed E-state index contributed by atoms with van der Waals surface area (Å²) in [5.74, 6) is 0.489. The second-order valence-corrected chi connectivity index (χ2v) is 6.53. The zero-order chi connectivity index (χ0) is 17.1. The smallest absolute Gasteiger partial charge is 0.272 e. The standard InChI is InChI=1S/C17H25N5O2/c1-4-5-13-8-15(24-20-13)10-18-17(23)16-9-14-11-21(12(2)3)6-7-22(14)19-16/h8-9,12H,4-7,10-11H2,1-3H3,(H,18,23). The van der Waals surface area contributed by atoms with Crippen molar-refractivity contribution in [2.45, 2.75) is 59.3 Å². The molecule has 0 unspecified atom stereocenters. The highest BCUT2D eigenvalue weighted by atomic mass is 16.5. The molecule has 2 aromatic rings. The second kappa shape index (κ2) is 7.17. The summed E-state index contributed by atoms with van der Waals surface area (Å²) in [6.07, 6.45) is 1.91. The zero-order valence-corrected chi connectivity index (χ0v) is 14.6. The molecule has 1 aliphatic rings. The Bertz CT molecular complexity index is 704. The number of amides is 1. The fourth-order valence-electron chi connectivity index (χ4n) is 2.91. The van der Waals surface area contributed by atoms with E-state index in [0.29, 0.717) is 24.0 Å². The molecule has 0 atom stereocenters. The van der Waals surface area contributed by atoms with Gasteiger partial charge >= 0.3 is 0 Å². The lowest BCUT2D eigenvalue weighted by Gasteiger charge is -2.30. The first kappa shape index (κ1) is 16.7. The lowest BCUT2D eigenvalue weighted by Crippen LogP contribution is -2.38. The number of carbonyl (C=O) groups is 1. The van der Waals surface area contributed by atoms with Gasteiger partial charge in [-0.3, -0.25) is 14.4 Å². The van der Waals surface area contributed by atoms with E-state index in [1.807, 2.05) is 16.8 Å². The fraction of sp³-hybridized carbons (Fsp3) is 0.588. The number of carbonyl (C=O) groups excluding carboxylic acids is 1. The number of rotatable bonds is 6. The van der Waals surface area contributed by atoms with Crippen molar-refractivity contribution in [2.75, 3.05) is 6.54 Å². The monoisotopic (exact) mass is 331 g/mol. The van der Waals surface area contributed by atoms with Crippen molar-refractivity contribution >= 4 is 5.91 Å². The minimum atomic E-state index is -0.179. The first-order valence-corrected chi connectivity index (χ1v) is 8.60. The number of hydrogen-bond acceptors (Lipinski definition) is 5. The second-order valence-electron chi connectivity index (χ2n) is 6.53. The first-order valence-electron chi connectivity index (χ1n) is 8.60. The third-order valence-electron chi connectivity index (χ3n) is 4.33. The van der Waals surface area contributed by atoms with Crippen LogP contribution in [0.3, 0.4) is 0 Å². The molecule has 7 nitrogen and oxygen atoms in total. The highest BCUT2D eigenvalue weighted by molar-refractivity contribution is 5.92. The molecule has 0 fully saturated rings. The summed E-state index contributed by atoms with van der Waals surface area (Å²) in [6.45, 7) is 9.41. The van der Waals surface area contributed by atoms with Crippen molar-refractivity contribution in [3.63, 3.8) is 0 Å².